The SMILES string of the molecule is Cc1cc(CCC(C)C(=O)O)on1. The monoisotopic (exact) mass is 183 g/mol. The molecular formula is C9H13NO3. The molecule has 1 rings (SSSR count). The van der Waals surface area contributed by atoms with Gasteiger partial charge in [0.15, 0.2) is 0 Å². The van der Waals surface area contributed by atoms with Gasteiger partial charge in [0.2, 0.25) is 0 Å². The quantitative estimate of drug-likeness (QED) is 0.770. The molecule has 1 aromatic rings. The molecule has 0 aliphatic heterocycles. The van der Waals surface area contributed by atoms with Gasteiger partial charge in [0.25, 0.3) is 0 Å². The second-order valence-electron chi connectivity index (χ2n) is 3.21. The van der Waals surface area contributed by atoms with E-state index in [0.29, 0.717) is 12.8 Å². The fourth-order valence-electron chi connectivity index (χ4n) is 1.02. The molecule has 0 radical (unpaired) electrons. The van der Waals surface area contributed by atoms with Crippen LogP contribution in [0.15, 0.2) is 10.6 Å². The van der Waals surface area contributed by atoms with Crippen LogP contribution in [0.2, 0.25) is 0 Å². The van der Waals surface area contributed by atoms with Crippen molar-refractivity contribution >= 4 is 5.97 Å². The number of hydrogen-bond acceptors (Lipinski definition) is 3. The van der Waals surface area contributed by atoms with Crippen molar-refractivity contribution in [2.75, 3.05) is 0 Å². The van der Waals surface area contributed by atoms with Crippen LogP contribution in [0.25, 0.3) is 0 Å². The van der Waals surface area contributed by atoms with Crippen molar-refractivity contribution in [3.63, 3.8) is 0 Å². The zero-order valence-corrected chi connectivity index (χ0v) is 7.78. The van der Waals surface area contributed by atoms with Crippen molar-refractivity contribution in [2.24, 2.45) is 5.92 Å². The molecule has 4 heteroatoms. The molecule has 1 N–H and O–H groups in total. The van der Waals surface area contributed by atoms with Gasteiger partial charge >= 0.3 is 5.97 Å². The molecule has 0 bridgehead atoms. The summed E-state index contributed by atoms with van der Waals surface area (Å²) in [6.07, 6.45) is 1.22. The Labute approximate surface area is 76.5 Å². The van der Waals surface area contributed by atoms with Gasteiger partial charge in [-0.2, -0.15) is 0 Å². The molecule has 1 heterocycles. The zero-order valence-electron chi connectivity index (χ0n) is 7.78. The summed E-state index contributed by atoms with van der Waals surface area (Å²) in [5.41, 5.74) is 0.831. The van der Waals surface area contributed by atoms with E-state index in [-0.39, 0.29) is 5.92 Å². The van der Waals surface area contributed by atoms with E-state index >= 15 is 0 Å². The number of aryl methyl sites for hydroxylation is 2. The highest BCUT2D eigenvalue weighted by Gasteiger charge is 2.11. The molecule has 0 spiro atoms. The second-order valence-corrected chi connectivity index (χ2v) is 3.21. The van der Waals surface area contributed by atoms with Gasteiger partial charge in [-0.05, 0) is 13.3 Å². The molecule has 4 nitrogen and oxygen atoms in total. The Morgan fingerprint density at radius 1 is 1.77 bits per heavy atom. The topological polar surface area (TPSA) is 63.3 Å². The fraction of sp³-hybridized carbons (Fsp3) is 0.556. The Balaban J connectivity index is 2.39. The van der Waals surface area contributed by atoms with Crippen LogP contribution in [0.5, 0.6) is 0 Å². The van der Waals surface area contributed by atoms with E-state index in [2.05, 4.69) is 5.16 Å². The van der Waals surface area contributed by atoms with Crippen LogP contribution in [-0.4, -0.2) is 16.2 Å². The minimum atomic E-state index is -0.767. The largest absolute Gasteiger partial charge is 0.481 e. The second kappa shape index (κ2) is 4.07. The van der Waals surface area contributed by atoms with E-state index in [4.69, 9.17) is 9.63 Å². The lowest BCUT2D eigenvalue weighted by Gasteiger charge is -2.02. The molecule has 0 saturated heterocycles. The Kier molecular flexibility index (Phi) is 3.06. The number of nitrogens with zero attached hydrogens (tertiary/aromatic N) is 1. The van der Waals surface area contributed by atoms with Crippen LogP contribution in [0.1, 0.15) is 24.8 Å². The molecule has 0 aliphatic rings. The lowest BCUT2D eigenvalue weighted by molar-refractivity contribution is -0.141. The van der Waals surface area contributed by atoms with Gasteiger partial charge in [-0.15, -0.1) is 0 Å². The molecule has 0 aromatic carbocycles. The molecule has 0 fully saturated rings. The minimum Gasteiger partial charge on any atom is -0.481 e. The van der Waals surface area contributed by atoms with Crippen molar-refractivity contribution in [3.05, 3.63) is 17.5 Å². The maximum absolute atomic E-state index is 10.5. The van der Waals surface area contributed by atoms with Crippen molar-refractivity contribution in [1.29, 1.82) is 0 Å². The first kappa shape index (κ1) is 9.77. The summed E-state index contributed by atoms with van der Waals surface area (Å²) in [6, 6.07) is 1.83. The van der Waals surface area contributed by atoms with Crippen LogP contribution in [0, 0.1) is 12.8 Å². The van der Waals surface area contributed by atoms with Gasteiger partial charge in [-0.1, -0.05) is 12.1 Å². The van der Waals surface area contributed by atoms with E-state index in [0.717, 1.165) is 11.5 Å². The normalized spacial score (nSPS) is 12.8. The predicted molar refractivity (Wildman–Crippen MR) is 46.4 cm³/mol. The van der Waals surface area contributed by atoms with Gasteiger partial charge in [0, 0.05) is 12.5 Å². The van der Waals surface area contributed by atoms with Crippen LogP contribution in [0.4, 0.5) is 0 Å². The molecule has 0 saturated carbocycles. The summed E-state index contributed by atoms with van der Waals surface area (Å²) in [5, 5.41) is 12.3. The Morgan fingerprint density at radius 3 is 2.92 bits per heavy atom. The molecule has 72 valence electrons. The molecule has 1 unspecified atom stereocenters. The summed E-state index contributed by atoms with van der Waals surface area (Å²) in [6.45, 7) is 3.53. The first-order valence-electron chi connectivity index (χ1n) is 4.24. The first-order chi connectivity index (χ1) is 6.09. The highest BCUT2D eigenvalue weighted by molar-refractivity contribution is 5.69. The average Bonchev–Trinajstić information content (AvgIpc) is 2.47. The summed E-state index contributed by atoms with van der Waals surface area (Å²) in [5.74, 6) is -0.341. The van der Waals surface area contributed by atoms with Crippen LogP contribution < -0.4 is 0 Å². The average molecular weight is 183 g/mol. The van der Waals surface area contributed by atoms with Gasteiger partial charge < -0.3 is 9.63 Å². The maximum Gasteiger partial charge on any atom is 0.306 e. The van der Waals surface area contributed by atoms with E-state index < -0.39 is 5.97 Å². The summed E-state index contributed by atoms with van der Waals surface area (Å²) < 4.78 is 4.95. The Hall–Kier alpha value is -1.32. The molecule has 0 aliphatic carbocycles. The standard InChI is InChI=1S/C9H13NO3/c1-6(9(11)12)3-4-8-5-7(2)10-13-8/h5-6H,3-4H2,1-2H3,(H,11,12). The summed E-state index contributed by atoms with van der Waals surface area (Å²) >= 11 is 0. The Bertz CT molecular complexity index is 293. The number of aliphatic carboxylic acids is 1. The third kappa shape index (κ3) is 2.89. The number of aromatic nitrogens is 1. The molecule has 1 atom stereocenters. The number of rotatable bonds is 4. The molecule has 13 heavy (non-hydrogen) atoms. The number of carboxylic acid groups (broad SMARTS) is 1. The van der Waals surface area contributed by atoms with E-state index in [1.807, 2.05) is 13.0 Å². The fourth-order valence-corrected chi connectivity index (χ4v) is 1.02. The number of carbonyl (C=O) groups is 1. The predicted octanol–water partition coefficient (Wildman–Crippen LogP) is 1.64. The summed E-state index contributed by atoms with van der Waals surface area (Å²) in [4.78, 5) is 10.5. The molecule has 1 aromatic heterocycles. The van der Waals surface area contributed by atoms with Crippen LogP contribution in [0.3, 0.4) is 0 Å². The zero-order chi connectivity index (χ0) is 9.84. The lowest BCUT2D eigenvalue weighted by atomic mass is 10.1. The molecule has 0 amide bonds. The van der Waals surface area contributed by atoms with Gasteiger partial charge in [0.1, 0.15) is 5.76 Å². The van der Waals surface area contributed by atoms with Gasteiger partial charge in [0.05, 0.1) is 11.6 Å². The highest BCUT2D eigenvalue weighted by atomic mass is 16.5. The van der Waals surface area contributed by atoms with Gasteiger partial charge in [-0.25, -0.2) is 0 Å². The molecular weight excluding hydrogens is 170 g/mol. The lowest BCUT2D eigenvalue weighted by Crippen LogP contribution is -2.09. The van der Waals surface area contributed by atoms with E-state index in [1.54, 1.807) is 6.92 Å². The van der Waals surface area contributed by atoms with Crippen molar-refractivity contribution in [1.82, 2.24) is 5.16 Å². The van der Waals surface area contributed by atoms with Gasteiger partial charge in [-0.3, -0.25) is 4.79 Å². The smallest absolute Gasteiger partial charge is 0.306 e. The maximum atomic E-state index is 10.5. The Morgan fingerprint density at radius 2 is 2.46 bits per heavy atom. The van der Waals surface area contributed by atoms with Crippen molar-refractivity contribution < 1.29 is 14.4 Å². The van der Waals surface area contributed by atoms with Crippen molar-refractivity contribution in [2.45, 2.75) is 26.7 Å². The third-order valence-electron chi connectivity index (χ3n) is 1.92. The van der Waals surface area contributed by atoms with E-state index in [1.165, 1.54) is 0 Å². The number of carboxylic acids is 1. The van der Waals surface area contributed by atoms with Crippen LogP contribution in [-0.2, 0) is 11.2 Å². The minimum absolute atomic E-state index is 0.328. The number of hydrogen-bond donors (Lipinski definition) is 1. The summed E-state index contributed by atoms with van der Waals surface area (Å²) in [7, 11) is 0. The third-order valence-corrected chi connectivity index (χ3v) is 1.92. The highest BCUT2D eigenvalue weighted by Crippen LogP contribution is 2.10. The van der Waals surface area contributed by atoms with Crippen molar-refractivity contribution in [3.8, 4) is 0 Å². The van der Waals surface area contributed by atoms with Crippen LogP contribution >= 0.6 is 0 Å². The first-order valence-corrected chi connectivity index (χ1v) is 4.24. The van der Waals surface area contributed by atoms with E-state index in [9.17, 15) is 4.79 Å².